The highest BCUT2D eigenvalue weighted by atomic mass is 35.5. The molecule has 2 aromatic carbocycles. The van der Waals surface area contributed by atoms with Gasteiger partial charge in [0.05, 0.1) is 6.10 Å². The average molecular weight is 364 g/mol. The third-order valence-corrected chi connectivity index (χ3v) is 4.04. The van der Waals surface area contributed by atoms with E-state index in [1.54, 1.807) is 18.2 Å². The lowest BCUT2D eigenvalue weighted by Crippen LogP contribution is -2.29. The predicted octanol–water partition coefficient (Wildman–Crippen LogP) is 3.14. The topological polar surface area (TPSA) is 78.8 Å². The van der Waals surface area contributed by atoms with E-state index < -0.39 is 18.3 Å². The fourth-order valence-electron chi connectivity index (χ4n) is 2.34. The molecule has 0 aliphatic rings. The van der Waals surface area contributed by atoms with Crippen LogP contribution in [0.25, 0.3) is 0 Å². The van der Waals surface area contributed by atoms with E-state index in [-0.39, 0.29) is 19.6 Å². The minimum absolute atomic E-state index is 0.184. The second-order valence-electron chi connectivity index (χ2n) is 5.67. The molecule has 0 heterocycles. The molecule has 0 aromatic heterocycles. The van der Waals surface area contributed by atoms with E-state index in [0.29, 0.717) is 11.4 Å². The van der Waals surface area contributed by atoms with Crippen LogP contribution in [0, 0.1) is 0 Å². The molecule has 25 heavy (non-hydrogen) atoms. The molecule has 0 aliphatic carbocycles. The number of hydrogen-bond donors (Lipinski definition) is 3. The molecule has 0 radical (unpaired) electrons. The van der Waals surface area contributed by atoms with Crippen LogP contribution >= 0.6 is 11.6 Å². The van der Waals surface area contributed by atoms with Crippen molar-refractivity contribution in [1.82, 2.24) is 5.32 Å². The summed E-state index contributed by atoms with van der Waals surface area (Å²) in [6, 6.07) is 16.5. The number of benzene rings is 2. The number of carbonyl (C=O) groups excluding carboxylic acids is 1. The van der Waals surface area contributed by atoms with Crippen molar-refractivity contribution in [2.24, 2.45) is 0 Å². The molecule has 1 amide bonds. The van der Waals surface area contributed by atoms with Gasteiger partial charge in [0.2, 0.25) is 0 Å². The monoisotopic (exact) mass is 363 g/mol. The summed E-state index contributed by atoms with van der Waals surface area (Å²) < 4.78 is 5.08. The Hall–Kier alpha value is -2.08. The Morgan fingerprint density at radius 3 is 2.52 bits per heavy atom. The van der Waals surface area contributed by atoms with E-state index in [9.17, 15) is 15.0 Å². The van der Waals surface area contributed by atoms with Crippen molar-refractivity contribution < 1.29 is 19.7 Å². The van der Waals surface area contributed by atoms with E-state index >= 15 is 0 Å². The van der Waals surface area contributed by atoms with Gasteiger partial charge in [-0.25, -0.2) is 4.79 Å². The maximum absolute atomic E-state index is 11.6. The van der Waals surface area contributed by atoms with Gasteiger partial charge >= 0.3 is 6.09 Å². The number of hydrogen-bond acceptors (Lipinski definition) is 4. The maximum Gasteiger partial charge on any atom is 0.407 e. The third-order valence-electron chi connectivity index (χ3n) is 3.73. The van der Waals surface area contributed by atoms with E-state index in [4.69, 9.17) is 16.3 Å². The second kappa shape index (κ2) is 10.0. The first-order chi connectivity index (χ1) is 12.1. The van der Waals surface area contributed by atoms with Gasteiger partial charge in [0.25, 0.3) is 0 Å². The van der Waals surface area contributed by atoms with Crippen LogP contribution in [0.15, 0.2) is 54.6 Å². The largest absolute Gasteiger partial charge is 0.445 e. The zero-order chi connectivity index (χ0) is 18.1. The van der Waals surface area contributed by atoms with Crippen LogP contribution in [0.4, 0.5) is 4.79 Å². The van der Waals surface area contributed by atoms with Gasteiger partial charge in [0.15, 0.2) is 0 Å². The molecule has 2 unspecified atom stereocenters. The Kier molecular flexibility index (Phi) is 7.73. The zero-order valence-corrected chi connectivity index (χ0v) is 14.5. The van der Waals surface area contributed by atoms with Crippen LogP contribution in [0.5, 0.6) is 0 Å². The van der Waals surface area contributed by atoms with Gasteiger partial charge in [-0.15, -0.1) is 11.6 Å². The molecule has 0 fully saturated rings. The van der Waals surface area contributed by atoms with Gasteiger partial charge in [-0.05, 0) is 23.1 Å². The first-order valence-electron chi connectivity index (χ1n) is 8.05. The van der Waals surface area contributed by atoms with Crippen molar-refractivity contribution in [2.75, 3.05) is 6.54 Å². The molecule has 0 saturated heterocycles. The molecule has 134 valence electrons. The fraction of sp³-hybridized carbons (Fsp3) is 0.316. The van der Waals surface area contributed by atoms with Gasteiger partial charge in [0, 0.05) is 12.4 Å². The number of amides is 1. The summed E-state index contributed by atoms with van der Waals surface area (Å²) in [4.78, 5) is 11.6. The summed E-state index contributed by atoms with van der Waals surface area (Å²) in [5.74, 6) is 0.339. The van der Waals surface area contributed by atoms with Gasteiger partial charge in [-0.3, -0.25) is 0 Å². The summed E-state index contributed by atoms with van der Waals surface area (Å²) in [5, 5.41) is 22.8. The molecule has 5 nitrogen and oxygen atoms in total. The summed E-state index contributed by atoms with van der Waals surface area (Å²) >= 11 is 5.77. The number of alkyl carbamates (subject to hydrolysis) is 1. The predicted molar refractivity (Wildman–Crippen MR) is 96.2 cm³/mol. The van der Waals surface area contributed by atoms with Crippen LogP contribution in [0.2, 0.25) is 0 Å². The van der Waals surface area contributed by atoms with E-state index in [0.717, 1.165) is 11.1 Å². The van der Waals surface area contributed by atoms with E-state index in [1.165, 1.54) is 0 Å². The van der Waals surface area contributed by atoms with Crippen molar-refractivity contribution in [3.05, 3.63) is 71.3 Å². The number of rotatable bonds is 8. The molecule has 0 spiro atoms. The Balaban J connectivity index is 1.71. The van der Waals surface area contributed by atoms with Crippen molar-refractivity contribution >= 4 is 17.7 Å². The highest BCUT2D eigenvalue weighted by molar-refractivity contribution is 6.17. The maximum atomic E-state index is 11.6. The Labute approximate surface area is 152 Å². The first kappa shape index (κ1) is 19.2. The molecule has 0 bridgehead atoms. The van der Waals surface area contributed by atoms with Crippen molar-refractivity contribution in [2.45, 2.75) is 31.1 Å². The third kappa shape index (κ3) is 6.38. The first-order valence-corrected chi connectivity index (χ1v) is 8.59. The SMILES string of the molecule is O=C(NCCC(O)C(O)c1cccc(CCl)c1)OCc1ccccc1. The Morgan fingerprint density at radius 2 is 1.80 bits per heavy atom. The highest BCUT2D eigenvalue weighted by Crippen LogP contribution is 2.20. The molecular formula is C19H22ClNO4. The molecule has 0 aliphatic heterocycles. The summed E-state index contributed by atoms with van der Waals surface area (Å²) in [6.45, 7) is 0.379. The lowest BCUT2D eigenvalue weighted by molar-refractivity contribution is 0.0136. The van der Waals surface area contributed by atoms with Crippen molar-refractivity contribution in [3.8, 4) is 0 Å². The number of nitrogens with one attached hydrogen (secondary N) is 1. The standard InChI is InChI=1S/C19H22ClNO4/c20-12-15-7-4-8-16(11-15)18(23)17(22)9-10-21-19(24)25-13-14-5-2-1-3-6-14/h1-8,11,17-18,22-23H,9-10,12-13H2,(H,21,24). The van der Waals surface area contributed by atoms with E-state index in [1.807, 2.05) is 36.4 Å². The van der Waals surface area contributed by atoms with Crippen LogP contribution in [0.1, 0.15) is 29.2 Å². The number of aliphatic hydroxyl groups is 2. The molecule has 6 heteroatoms. The van der Waals surface area contributed by atoms with E-state index in [2.05, 4.69) is 5.32 Å². The Bertz CT molecular complexity index is 665. The summed E-state index contributed by atoms with van der Waals surface area (Å²) in [7, 11) is 0. The number of aliphatic hydroxyl groups excluding tert-OH is 2. The Morgan fingerprint density at radius 1 is 1.08 bits per heavy atom. The van der Waals surface area contributed by atoms with Crippen LogP contribution in [0.3, 0.4) is 0 Å². The van der Waals surface area contributed by atoms with Crippen molar-refractivity contribution in [1.29, 1.82) is 0 Å². The lowest BCUT2D eigenvalue weighted by atomic mass is 10.0. The molecule has 2 aromatic rings. The highest BCUT2D eigenvalue weighted by Gasteiger charge is 2.18. The average Bonchev–Trinajstić information content (AvgIpc) is 2.66. The number of ether oxygens (including phenoxy) is 1. The molecule has 0 saturated carbocycles. The van der Waals surface area contributed by atoms with Gasteiger partial charge in [-0.2, -0.15) is 0 Å². The number of alkyl halides is 1. The van der Waals surface area contributed by atoms with Crippen molar-refractivity contribution in [3.63, 3.8) is 0 Å². The molecule has 2 atom stereocenters. The summed E-state index contributed by atoms with van der Waals surface area (Å²) in [5.41, 5.74) is 2.36. The van der Waals surface area contributed by atoms with Crippen LogP contribution < -0.4 is 5.32 Å². The summed E-state index contributed by atoms with van der Waals surface area (Å²) in [6.07, 6.45) is -2.40. The quantitative estimate of drug-likeness (QED) is 0.629. The molecule has 3 N–H and O–H groups in total. The van der Waals surface area contributed by atoms with Crippen LogP contribution in [-0.2, 0) is 17.2 Å². The molecule has 2 rings (SSSR count). The number of halogens is 1. The minimum Gasteiger partial charge on any atom is -0.445 e. The fourth-order valence-corrected chi connectivity index (χ4v) is 2.50. The van der Waals surface area contributed by atoms with Gasteiger partial charge in [-0.1, -0.05) is 54.6 Å². The normalized spacial score (nSPS) is 13.1. The van der Waals surface area contributed by atoms with Crippen LogP contribution in [-0.4, -0.2) is 29.0 Å². The number of carbonyl (C=O) groups is 1. The van der Waals surface area contributed by atoms with Gasteiger partial charge < -0.3 is 20.3 Å². The van der Waals surface area contributed by atoms with Gasteiger partial charge in [0.1, 0.15) is 12.7 Å². The second-order valence-corrected chi connectivity index (χ2v) is 5.94. The smallest absolute Gasteiger partial charge is 0.407 e. The molecular weight excluding hydrogens is 342 g/mol. The zero-order valence-electron chi connectivity index (χ0n) is 13.8. The minimum atomic E-state index is -1.04. The lowest BCUT2D eigenvalue weighted by Gasteiger charge is -2.19.